The van der Waals surface area contributed by atoms with Gasteiger partial charge in [0.2, 0.25) is 11.8 Å². The maximum absolute atomic E-state index is 13.1. The first-order chi connectivity index (χ1) is 15.2. The second-order valence-electron chi connectivity index (χ2n) is 8.45. The second kappa shape index (κ2) is 8.52. The van der Waals surface area contributed by atoms with E-state index in [1.807, 2.05) is 41.3 Å². The summed E-state index contributed by atoms with van der Waals surface area (Å²) >= 11 is 0. The van der Waals surface area contributed by atoms with Crippen molar-refractivity contribution in [3.05, 3.63) is 78.4 Å². The van der Waals surface area contributed by atoms with E-state index >= 15 is 0 Å². The minimum atomic E-state index is -0.549. The van der Waals surface area contributed by atoms with Crippen molar-refractivity contribution in [2.24, 2.45) is 5.92 Å². The summed E-state index contributed by atoms with van der Waals surface area (Å²) in [6.07, 6.45) is 0.592. The topological polar surface area (TPSA) is 43.9 Å². The summed E-state index contributed by atoms with van der Waals surface area (Å²) in [5.74, 6) is -0.619. The average molecular weight is 414 g/mol. The highest BCUT2D eigenvalue weighted by Crippen LogP contribution is 2.29. The van der Waals surface area contributed by atoms with E-state index in [2.05, 4.69) is 41.3 Å². The highest BCUT2D eigenvalue weighted by Gasteiger charge is 2.40. The molecule has 0 aromatic heterocycles. The quantitative estimate of drug-likeness (QED) is 0.615. The number of fused-ring (bicyclic) bond motifs is 1. The SMILES string of the molecule is O=C([C@@H]1CCN(c2ccc3ccccc3c2)C1=O)N1CCN(Cc2ccccc2)CC1. The second-order valence-corrected chi connectivity index (χ2v) is 8.45. The Bertz CT molecular complexity index is 1090. The standard InChI is InChI=1S/C26H27N3O2/c30-25(28-16-14-27(15-17-28)19-20-6-2-1-3-7-20)24-12-13-29(26(24)31)23-11-10-21-8-4-5-9-22(21)18-23/h1-11,18,24H,12-17,19H2/t24-/m0/s1. The molecule has 2 aliphatic heterocycles. The molecule has 0 unspecified atom stereocenters. The number of rotatable bonds is 4. The summed E-state index contributed by atoms with van der Waals surface area (Å²) in [5, 5.41) is 2.26. The third-order valence-corrected chi connectivity index (χ3v) is 6.48. The van der Waals surface area contributed by atoms with E-state index in [1.165, 1.54) is 5.56 Å². The van der Waals surface area contributed by atoms with Gasteiger partial charge in [-0.15, -0.1) is 0 Å². The van der Waals surface area contributed by atoms with Crippen molar-refractivity contribution in [3.8, 4) is 0 Å². The van der Waals surface area contributed by atoms with E-state index in [-0.39, 0.29) is 11.8 Å². The smallest absolute Gasteiger partial charge is 0.239 e. The number of carbonyl (C=O) groups is 2. The lowest BCUT2D eigenvalue weighted by atomic mass is 10.1. The molecule has 2 aliphatic rings. The fourth-order valence-corrected chi connectivity index (χ4v) is 4.70. The van der Waals surface area contributed by atoms with Gasteiger partial charge in [-0.25, -0.2) is 0 Å². The molecule has 5 rings (SSSR count). The minimum absolute atomic E-state index is 0.00681. The molecule has 3 aromatic carbocycles. The first-order valence-corrected chi connectivity index (χ1v) is 11.0. The van der Waals surface area contributed by atoms with Gasteiger partial charge in [-0.3, -0.25) is 14.5 Å². The molecule has 0 saturated carbocycles. The minimum Gasteiger partial charge on any atom is -0.339 e. The van der Waals surface area contributed by atoms with Gasteiger partial charge in [0.15, 0.2) is 0 Å². The average Bonchev–Trinajstić information content (AvgIpc) is 3.20. The van der Waals surface area contributed by atoms with Crippen LogP contribution in [0, 0.1) is 5.92 Å². The van der Waals surface area contributed by atoms with Gasteiger partial charge in [0, 0.05) is 45.0 Å². The van der Waals surface area contributed by atoms with Gasteiger partial charge in [0.25, 0.3) is 0 Å². The van der Waals surface area contributed by atoms with Crippen molar-refractivity contribution < 1.29 is 9.59 Å². The molecule has 2 saturated heterocycles. The fraction of sp³-hybridized carbons (Fsp3) is 0.308. The number of carbonyl (C=O) groups excluding carboxylic acids is 2. The third kappa shape index (κ3) is 4.06. The van der Waals surface area contributed by atoms with E-state index in [4.69, 9.17) is 0 Å². The van der Waals surface area contributed by atoms with Gasteiger partial charge in [-0.1, -0.05) is 60.7 Å². The Kier molecular flexibility index (Phi) is 5.43. The first-order valence-electron chi connectivity index (χ1n) is 11.0. The number of nitrogens with zero attached hydrogens (tertiary/aromatic N) is 3. The lowest BCUT2D eigenvalue weighted by Crippen LogP contribution is -2.51. The molecule has 158 valence electrons. The summed E-state index contributed by atoms with van der Waals surface area (Å²) in [6, 6.07) is 24.6. The van der Waals surface area contributed by atoms with E-state index in [0.29, 0.717) is 26.1 Å². The predicted octanol–water partition coefficient (Wildman–Crippen LogP) is 3.54. The summed E-state index contributed by atoms with van der Waals surface area (Å²) in [6.45, 7) is 4.56. The monoisotopic (exact) mass is 413 g/mol. The molecular weight excluding hydrogens is 386 g/mol. The maximum Gasteiger partial charge on any atom is 0.239 e. The Balaban J connectivity index is 1.21. The van der Waals surface area contributed by atoms with Crippen molar-refractivity contribution in [2.75, 3.05) is 37.6 Å². The Labute approximate surface area is 182 Å². The van der Waals surface area contributed by atoms with Crippen LogP contribution in [0.1, 0.15) is 12.0 Å². The molecule has 0 radical (unpaired) electrons. The fourth-order valence-electron chi connectivity index (χ4n) is 4.70. The van der Waals surface area contributed by atoms with Crippen LogP contribution < -0.4 is 4.90 Å². The van der Waals surface area contributed by atoms with Crippen LogP contribution in [-0.4, -0.2) is 54.3 Å². The molecule has 5 heteroatoms. The van der Waals surface area contributed by atoms with Crippen LogP contribution >= 0.6 is 0 Å². The molecule has 0 bridgehead atoms. The molecular formula is C26H27N3O2. The third-order valence-electron chi connectivity index (χ3n) is 6.48. The van der Waals surface area contributed by atoms with E-state index < -0.39 is 5.92 Å². The highest BCUT2D eigenvalue weighted by molar-refractivity contribution is 6.10. The largest absolute Gasteiger partial charge is 0.339 e. The van der Waals surface area contributed by atoms with Gasteiger partial charge < -0.3 is 9.80 Å². The number of benzene rings is 3. The van der Waals surface area contributed by atoms with Crippen molar-refractivity contribution in [3.63, 3.8) is 0 Å². The van der Waals surface area contributed by atoms with Crippen LogP contribution in [0.2, 0.25) is 0 Å². The Morgan fingerprint density at radius 3 is 2.29 bits per heavy atom. The van der Waals surface area contributed by atoms with Gasteiger partial charge in [-0.05, 0) is 34.9 Å². The van der Waals surface area contributed by atoms with Crippen LogP contribution in [0.5, 0.6) is 0 Å². The molecule has 31 heavy (non-hydrogen) atoms. The van der Waals surface area contributed by atoms with E-state index in [9.17, 15) is 9.59 Å². The van der Waals surface area contributed by atoms with Crippen LogP contribution in [0.15, 0.2) is 72.8 Å². The van der Waals surface area contributed by atoms with Crippen molar-refractivity contribution in [1.82, 2.24) is 9.80 Å². The molecule has 0 N–H and O–H groups in total. The summed E-state index contributed by atoms with van der Waals surface area (Å²) in [7, 11) is 0. The lowest BCUT2D eigenvalue weighted by molar-refractivity contribution is -0.141. The Hall–Kier alpha value is -3.18. The van der Waals surface area contributed by atoms with Crippen LogP contribution in [-0.2, 0) is 16.1 Å². The number of anilines is 1. The number of piperazine rings is 1. The van der Waals surface area contributed by atoms with Gasteiger partial charge in [-0.2, -0.15) is 0 Å². The number of hydrogen-bond acceptors (Lipinski definition) is 3. The van der Waals surface area contributed by atoms with Crippen LogP contribution in [0.4, 0.5) is 5.69 Å². The lowest BCUT2D eigenvalue weighted by Gasteiger charge is -2.35. The van der Waals surface area contributed by atoms with Gasteiger partial charge >= 0.3 is 0 Å². The van der Waals surface area contributed by atoms with Gasteiger partial charge in [0.1, 0.15) is 5.92 Å². The van der Waals surface area contributed by atoms with Crippen LogP contribution in [0.3, 0.4) is 0 Å². The van der Waals surface area contributed by atoms with Crippen molar-refractivity contribution >= 4 is 28.3 Å². The zero-order valence-corrected chi connectivity index (χ0v) is 17.6. The number of hydrogen-bond donors (Lipinski definition) is 0. The Morgan fingerprint density at radius 1 is 0.806 bits per heavy atom. The molecule has 2 heterocycles. The molecule has 5 nitrogen and oxygen atoms in total. The zero-order valence-electron chi connectivity index (χ0n) is 17.6. The molecule has 0 aliphatic carbocycles. The molecule has 2 amide bonds. The zero-order chi connectivity index (χ0) is 21.2. The predicted molar refractivity (Wildman–Crippen MR) is 123 cm³/mol. The molecule has 0 spiro atoms. The molecule has 3 aromatic rings. The maximum atomic E-state index is 13.1. The summed E-state index contributed by atoms with van der Waals surface area (Å²) in [4.78, 5) is 32.3. The molecule has 2 fully saturated rings. The molecule has 1 atom stereocenters. The van der Waals surface area contributed by atoms with E-state index in [1.54, 1.807) is 4.90 Å². The van der Waals surface area contributed by atoms with Gasteiger partial charge in [0.05, 0.1) is 0 Å². The normalized spacial score (nSPS) is 19.9. The first kappa shape index (κ1) is 19.8. The van der Waals surface area contributed by atoms with E-state index in [0.717, 1.165) is 36.1 Å². The summed E-state index contributed by atoms with van der Waals surface area (Å²) in [5.41, 5.74) is 2.17. The number of amides is 2. The highest BCUT2D eigenvalue weighted by atomic mass is 16.2. The Morgan fingerprint density at radius 2 is 1.52 bits per heavy atom. The van der Waals surface area contributed by atoms with Crippen molar-refractivity contribution in [2.45, 2.75) is 13.0 Å². The summed E-state index contributed by atoms with van der Waals surface area (Å²) < 4.78 is 0. The van der Waals surface area contributed by atoms with Crippen LogP contribution in [0.25, 0.3) is 10.8 Å². The van der Waals surface area contributed by atoms with Crippen molar-refractivity contribution in [1.29, 1.82) is 0 Å².